The van der Waals surface area contributed by atoms with Crippen molar-refractivity contribution < 1.29 is 4.43 Å². The minimum Gasteiger partial charge on any atom is -0.410 e. The highest BCUT2D eigenvalue weighted by Crippen LogP contribution is 2.25. The summed E-state index contributed by atoms with van der Waals surface area (Å²) in [6, 6.07) is 12.1. The first-order chi connectivity index (χ1) is 6.71. The Balaban J connectivity index is 2.23. The van der Waals surface area contributed by atoms with Crippen molar-refractivity contribution in [2.24, 2.45) is 0 Å². The van der Waals surface area contributed by atoms with E-state index in [4.69, 9.17) is 4.43 Å². The molecule has 0 bridgehead atoms. The van der Waals surface area contributed by atoms with Gasteiger partial charge in [-0.15, -0.1) is 0 Å². The van der Waals surface area contributed by atoms with Crippen LogP contribution in [0, 0.1) is 0 Å². The average molecular weight is 206 g/mol. The maximum Gasteiger partial charge on any atom is 0.221 e. The van der Waals surface area contributed by atoms with E-state index in [1.807, 2.05) is 0 Å². The Morgan fingerprint density at radius 1 is 1.29 bits per heavy atom. The normalized spacial score (nSPS) is 32.9. The van der Waals surface area contributed by atoms with Crippen molar-refractivity contribution in [3.05, 3.63) is 30.3 Å². The lowest BCUT2D eigenvalue weighted by Crippen LogP contribution is -2.51. The zero-order chi connectivity index (χ0) is 10.0. The Morgan fingerprint density at radius 3 is 2.64 bits per heavy atom. The molecule has 0 N–H and O–H groups in total. The molecule has 1 aliphatic rings. The van der Waals surface area contributed by atoms with Crippen molar-refractivity contribution in [1.82, 2.24) is 0 Å². The predicted molar refractivity (Wildman–Crippen MR) is 62.3 cm³/mol. The molecular weight excluding hydrogens is 188 g/mol. The molecule has 76 valence electrons. The van der Waals surface area contributed by atoms with E-state index in [0.29, 0.717) is 6.10 Å². The van der Waals surface area contributed by atoms with Crippen LogP contribution in [0.1, 0.15) is 19.8 Å². The molecule has 2 rings (SSSR count). The molecule has 2 unspecified atom stereocenters. The molecule has 2 atom stereocenters. The molecule has 1 heterocycles. The van der Waals surface area contributed by atoms with Crippen molar-refractivity contribution in [3.63, 3.8) is 0 Å². The van der Waals surface area contributed by atoms with Gasteiger partial charge < -0.3 is 4.43 Å². The van der Waals surface area contributed by atoms with Gasteiger partial charge in [-0.3, -0.25) is 0 Å². The van der Waals surface area contributed by atoms with Crippen LogP contribution in [0.15, 0.2) is 30.3 Å². The van der Waals surface area contributed by atoms with Crippen LogP contribution in [0.2, 0.25) is 12.6 Å². The number of hydrogen-bond donors (Lipinski definition) is 0. The first-order valence-corrected chi connectivity index (χ1v) is 8.06. The lowest BCUT2D eigenvalue weighted by molar-refractivity contribution is 0.183. The fraction of sp³-hybridized carbons (Fsp3) is 0.500. The Labute approximate surface area is 87.2 Å². The van der Waals surface area contributed by atoms with Crippen molar-refractivity contribution in [2.45, 2.75) is 38.5 Å². The molecular formula is C12H18OSi. The summed E-state index contributed by atoms with van der Waals surface area (Å²) in [6.45, 7) is 4.55. The third kappa shape index (κ3) is 1.91. The molecule has 1 aromatic carbocycles. The van der Waals surface area contributed by atoms with Crippen LogP contribution in [0.3, 0.4) is 0 Å². The van der Waals surface area contributed by atoms with Gasteiger partial charge in [-0.25, -0.2) is 0 Å². The molecule has 1 saturated heterocycles. The van der Waals surface area contributed by atoms with Crippen LogP contribution in [-0.4, -0.2) is 14.4 Å². The molecule has 1 aromatic rings. The topological polar surface area (TPSA) is 9.23 Å². The molecule has 1 nitrogen and oxygen atoms in total. The summed E-state index contributed by atoms with van der Waals surface area (Å²) in [6.07, 6.45) is 3.02. The van der Waals surface area contributed by atoms with Crippen LogP contribution in [0.25, 0.3) is 0 Å². The molecule has 0 saturated carbocycles. The van der Waals surface area contributed by atoms with Gasteiger partial charge in [-0.2, -0.15) is 0 Å². The molecule has 0 amide bonds. The zero-order valence-electron chi connectivity index (χ0n) is 8.99. The van der Waals surface area contributed by atoms with Crippen molar-refractivity contribution in [2.75, 3.05) is 0 Å². The van der Waals surface area contributed by atoms with Gasteiger partial charge in [0, 0.05) is 6.10 Å². The second-order valence-electron chi connectivity index (χ2n) is 4.42. The second kappa shape index (κ2) is 3.87. The smallest absolute Gasteiger partial charge is 0.221 e. The highest BCUT2D eigenvalue weighted by Gasteiger charge is 2.35. The van der Waals surface area contributed by atoms with Crippen LogP contribution >= 0.6 is 0 Å². The van der Waals surface area contributed by atoms with Crippen molar-refractivity contribution in [1.29, 1.82) is 0 Å². The largest absolute Gasteiger partial charge is 0.410 e. The van der Waals surface area contributed by atoms with E-state index in [2.05, 4.69) is 43.8 Å². The van der Waals surface area contributed by atoms with Gasteiger partial charge in [-0.1, -0.05) is 36.8 Å². The summed E-state index contributed by atoms with van der Waals surface area (Å²) in [5.41, 5.74) is 0. The Hall–Kier alpha value is -0.603. The van der Waals surface area contributed by atoms with E-state index in [0.717, 1.165) is 0 Å². The highest BCUT2D eigenvalue weighted by molar-refractivity contribution is 6.85. The standard InChI is InChI=1S/C12H18OSi/c1-11-7-6-10-14(2,13-11)12-8-4-3-5-9-12/h3-5,8-9,11H,6-7,10H2,1-2H3. The summed E-state index contributed by atoms with van der Waals surface area (Å²) < 4.78 is 6.20. The fourth-order valence-corrected chi connectivity index (χ4v) is 5.62. The minimum atomic E-state index is -1.58. The summed E-state index contributed by atoms with van der Waals surface area (Å²) in [5.74, 6) is 0. The highest BCUT2D eigenvalue weighted by atomic mass is 28.4. The SMILES string of the molecule is CC1CCC[Si](C)(c2ccccc2)O1. The molecule has 1 fully saturated rings. The van der Waals surface area contributed by atoms with Gasteiger partial charge in [0.2, 0.25) is 8.32 Å². The molecule has 0 spiro atoms. The van der Waals surface area contributed by atoms with Gasteiger partial charge in [0.25, 0.3) is 0 Å². The molecule has 0 radical (unpaired) electrons. The number of benzene rings is 1. The third-order valence-electron chi connectivity index (χ3n) is 3.11. The fourth-order valence-electron chi connectivity index (χ4n) is 2.29. The second-order valence-corrected chi connectivity index (χ2v) is 8.19. The number of hydrogen-bond acceptors (Lipinski definition) is 1. The van der Waals surface area contributed by atoms with Gasteiger partial charge in [0.15, 0.2) is 0 Å². The van der Waals surface area contributed by atoms with E-state index < -0.39 is 8.32 Å². The first-order valence-electron chi connectivity index (χ1n) is 5.44. The van der Waals surface area contributed by atoms with E-state index in [1.165, 1.54) is 24.1 Å². The quantitative estimate of drug-likeness (QED) is 0.642. The van der Waals surface area contributed by atoms with E-state index in [9.17, 15) is 0 Å². The monoisotopic (exact) mass is 206 g/mol. The van der Waals surface area contributed by atoms with Gasteiger partial charge >= 0.3 is 0 Å². The molecule has 1 aliphatic heterocycles. The summed E-state index contributed by atoms with van der Waals surface area (Å²) in [7, 11) is -1.58. The molecule has 2 heteroatoms. The number of rotatable bonds is 1. The first kappa shape index (κ1) is 9.93. The maximum atomic E-state index is 6.20. The van der Waals surface area contributed by atoms with Gasteiger partial charge in [-0.05, 0) is 31.1 Å². The Bertz CT molecular complexity index is 298. The zero-order valence-corrected chi connectivity index (χ0v) is 9.99. The molecule has 0 aliphatic carbocycles. The summed E-state index contributed by atoms with van der Waals surface area (Å²) in [4.78, 5) is 0. The van der Waals surface area contributed by atoms with Crippen molar-refractivity contribution in [3.8, 4) is 0 Å². The van der Waals surface area contributed by atoms with Gasteiger partial charge in [0.1, 0.15) is 0 Å². The van der Waals surface area contributed by atoms with E-state index in [-0.39, 0.29) is 0 Å². The minimum absolute atomic E-state index is 0.459. The lowest BCUT2D eigenvalue weighted by atomic mass is 10.2. The van der Waals surface area contributed by atoms with Crippen LogP contribution < -0.4 is 5.19 Å². The molecule has 14 heavy (non-hydrogen) atoms. The third-order valence-corrected chi connectivity index (χ3v) is 6.90. The van der Waals surface area contributed by atoms with Crippen molar-refractivity contribution >= 4 is 13.5 Å². The van der Waals surface area contributed by atoms with E-state index >= 15 is 0 Å². The van der Waals surface area contributed by atoms with Crippen LogP contribution in [-0.2, 0) is 4.43 Å². The summed E-state index contributed by atoms with van der Waals surface area (Å²) >= 11 is 0. The lowest BCUT2D eigenvalue weighted by Gasteiger charge is -2.36. The Morgan fingerprint density at radius 2 is 2.00 bits per heavy atom. The summed E-state index contributed by atoms with van der Waals surface area (Å²) in [5, 5.41) is 1.45. The van der Waals surface area contributed by atoms with Gasteiger partial charge in [0.05, 0.1) is 0 Å². The van der Waals surface area contributed by atoms with Crippen LogP contribution in [0.4, 0.5) is 0 Å². The van der Waals surface area contributed by atoms with Crippen LogP contribution in [0.5, 0.6) is 0 Å². The predicted octanol–water partition coefficient (Wildman–Crippen LogP) is 2.67. The Kier molecular flexibility index (Phi) is 2.75. The molecule has 0 aromatic heterocycles. The average Bonchev–Trinajstić information content (AvgIpc) is 2.19. The van der Waals surface area contributed by atoms with E-state index in [1.54, 1.807) is 0 Å². The maximum absolute atomic E-state index is 6.20.